The molecule has 0 amide bonds. The number of halogens is 2. The highest BCUT2D eigenvalue weighted by Crippen LogP contribution is 2.28. The highest BCUT2D eigenvalue weighted by molar-refractivity contribution is 9.09. The lowest BCUT2D eigenvalue weighted by Gasteiger charge is -2.18. The summed E-state index contributed by atoms with van der Waals surface area (Å²) in [5.74, 6) is -1.37. The molecule has 1 aliphatic rings. The lowest BCUT2D eigenvalue weighted by molar-refractivity contribution is 0.0697. The Balaban J connectivity index is 1.88. The molecule has 0 bridgehead atoms. The van der Waals surface area contributed by atoms with Crippen LogP contribution < -0.4 is 5.32 Å². The van der Waals surface area contributed by atoms with E-state index in [4.69, 9.17) is 11.6 Å². The fraction of sp³-hybridized carbons (Fsp3) is 0.182. The number of carbonyl (C=O) groups excluding carboxylic acids is 1. The molecule has 0 saturated heterocycles. The molecular formula is C22H19BrClNO3. The molecule has 2 aromatic carbocycles. The van der Waals surface area contributed by atoms with Crippen molar-refractivity contribution in [1.29, 1.82) is 0 Å². The Hall–Kier alpha value is -2.37. The van der Waals surface area contributed by atoms with Crippen molar-refractivity contribution in [3.05, 3.63) is 87.1 Å². The van der Waals surface area contributed by atoms with Crippen LogP contribution in [-0.2, 0) is 0 Å². The minimum Gasteiger partial charge on any atom is -0.478 e. The number of carboxylic acids is 1. The Morgan fingerprint density at radius 2 is 1.89 bits per heavy atom. The number of anilines is 1. The Morgan fingerprint density at radius 1 is 1.14 bits per heavy atom. The van der Waals surface area contributed by atoms with Gasteiger partial charge in [0.05, 0.1) is 10.6 Å². The van der Waals surface area contributed by atoms with Gasteiger partial charge in [-0.15, -0.1) is 0 Å². The van der Waals surface area contributed by atoms with Crippen LogP contribution >= 0.6 is 27.5 Å². The first kappa shape index (κ1) is 20.4. The normalized spacial score (nSPS) is 16.2. The Kier molecular flexibility index (Phi) is 6.06. The van der Waals surface area contributed by atoms with E-state index >= 15 is 0 Å². The molecule has 0 saturated carbocycles. The second-order valence-electron chi connectivity index (χ2n) is 6.76. The van der Waals surface area contributed by atoms with E-state index in [-0.39, 0.29) is 11.3 Å². The van der Waals surface area contributed by atoms with E-state index in [1.54, 1.807) is 31.2 Å². The Bertz CT molecular complexity index is 1030. The molecule has 0 spiro atoms. The van der Waals surface area contributed by atoms with Gasteiger partial charge in [0.15, 0.2) is 5.78 Å². The second-order valence-corrected chi connectivity index (χ2v) is 8.34. The van der Waals surface area contributed by atoms with E-state index in [9.17, 15) is 14.7 Å². The van der Waals surface area contributed by atoms with Gasteiger partial charge in [0.25, 0.3) is 0 Å². The number of nitrogens with one attached hydrogen (secondary N) is 1. The largest absolute Gasteiger partial charge is 0.478 e. The van der Waals surface area contributed by atoms with Crippen molar-refractivity contribution >= 4 is 45.0 Å². The van der Waals surface area contributed by atoms with Gasteiger partial charge in [0, 0.05) is 27.3 Å². The van der Waals surface area contributed by atoms with E-state index in [0.717, 1.165) is 17.8 Å². The summed E-state index contributed by atoms with van der Waals surface area (Å²) in [6.07, 6.45) is 5.02. The fourth-order valence-electron chi connectivity index (χ4n) is 3.04. The van der Waals surface area contributed by atoms with Crippen LogP contribution in [0.2, 0.25) is 5.02 Å². The molecule has 0 fully saturated rings. The van der Waals surface area contributed by atoms with E-state index in [1.807, 2.05) is 6.08 Å². The lowest BCUT2D eigenvalue weighted by Crippen LogP contribution is -2.09. The number of carboxylic acid groups (broad SMARTS) is 1. The van der Waals surface area contributed by atoms with Gasteiger partial charge in [0.2, 0.25) is 0 Å². The Labute approximate surface area is 177 Å². The lowest BCUT2D eigenvalue weighted by atomic mass is 9.96. The average Bonchev–Trinajstić information content (AvgIpc) is 2.64. The molecule has 0 radical (unpaired) electrons. The van der Waals surface area contributed by atoms with E-state index in [2.05, 4.69) is 34.2 Å². The molecule has 1 aliphatic carbocycles. The maximum atomic E-state index is 12.9. The van der Waals surface area contributed by atoms with Gasteiger partial charge in [-0.25, -0.2) is 4.79 Å². The molecule has 1 atom stereocenters. The average molecular weight is 461 g/mol. The zero-order valence-corrected chi connectivity index (χ0v) is 17.8. The maximum absolute atomic E-state index is 12.9. The molecule has 6 heteroatoms. The van der Waals surface area contributed by atoms with Crippen molar-refractivity contribution in [2.45, 2.75) is 25.1 Å². The van der Waals surface area contributed by atoms with Gasteiger partial charge >= 0.3 is 5.97 Å². The summed E-state index contributed by atoms with van der Waals surface area (Å²) >= 11 is 9.96. The van der Waals surface area contributed by atoms with Crippen LogP contribution in [0.25, 0.3) is 0 Å². The summed E-state index contributed by atoms with van der Waals surface area (Å²) in [5, 5.41) is 12.8. The molecular weight excluding hydrogens is 442 g/mol. The van der Waals surface area contributed by atoms with E-state index in [1.165, 1.54) is 17.7 Å². The predicted octanol–water partition coefficient (Wildman–Crippen LogP) is 5.99. The molecule has 144 valence electrons. The number of hydrogen-bond acceptors (Lipinski definition) is 3. The van der Waals surface area contributed by atoms with Gasteiger partial charge in [-0.3, -0.25) is 4.79 Å². The van der Waals surface area contributed by atoms with Crippen LogP contribution in [0.5, 0.6) is 0 Å². The van der Waals surface area contributed by atoms with Crippen LogP contribution in [0.1, 0.15) is 45.2 Å². The minimum atomic E-state index is -1.07. The number of benzene rings is 2. The third-order valence-corrected chi connectivity index (χ3v) is 5.60. The first-order valence-electron chi connectivity index (χ1n) is 8.73. The molecule has 1 unspecified atom stereocenters. The third-order valence-electron chi connectivity index (χ3n) is 4.65. The van der Waals surface area contributed by atoms with Crippen molar-refractivity contribution in [1.82, 2.24) is 0 Å². The topological polar surface area (TPSA) is 66.4 Å². The minimum absolute atomic E-state index is 0.0694. The number of allylic oxidation sites excluding steroid dienone is 3. The number of aromatic carboxylic acids is 1. The van der Waals surface area contributed by atoms with Gasteiger partial charge in [-0.05, 0) is 67.8 Å². The molecule has 2 aromatic rings. The number of alkyl halides is 1. The maximum Gasteiger partial charge on any atom is 0.335 e. The molecule has 28 heavy (non-hydrogen) atoms. The van der Waals surface area contributed by atoms with Crippen molar-refractivity contribution < 1.29 is 14.7 Å². The van der Waals surface area contributed by atoms with Crippen molar-refractivity contribution in [2.75, 3.05) is 5.32 Å². The van der Waals surface area contributed by atoms with Crippen LogP contribution in [0.15, 0.2) is 59.8 Å². The van der Waals surface area contributed by atoms with Gasteiger partial charge < -0.3 is 10.4 Å². The van der Waals surface area contributed by atoms with Gasteiger partial charge in [-0.2, -0.15) is 0 Å². The number of ketones is 1. The number of aryl methyl sites for hydroxylation is 1. The molecule has 0 aliphatic heterocycles. The summed E-state index contributed by atoms with van der Waals surface area (Å²) in [7, 11) is 0. The number of carbonyl (C=O) groups is 2. The zero-order chi connectivity index (χ0) is 20.4. The van der Waals surface area contributed by atoms with Crippen LogP contribution in [-0.4, -0.2) is 21.7 Å². The summed E-state index contributed by atoms with van der Waals surface area (Å²) in [6.45, 7) is 3.84. The first-order chi connectivity index (χ1) is 13.3. The van der Waals surface area contributed by atoms with Crippen LogP contribution in [0, 0.1) is 6.92 Å². The van der Waals surface area contributed by atoms with Crippen LogP contribution in [0.3, 0.4) is 0 Å². The van der Waals surface area contributed by atoms with Crippen molar-refractivity contribution in [2.24, 2.45) is 0 Å². The molecule has 3 rings (SSSR count). The molecule has 0 aromatic heterocycles. The smallest absolute Gasteiger partial charge is 0.335 e. The van der Waals surface area contributed by atoms with Gasteiger partial charge in [-0.1, -0.05) is 39.7 Å². The summed E-state index contributed by atoms with van der Waals surface area (Å²) in [4.78, 5) is 24.5. The SMILES string of the molecule is CC1=C(Nc2ccc(C(=O)c3cc(C(=O)O)ccc3C)c(Cl)c2)C=CC(Br)C1. The Morgan fingerprint density at radius 3 is 2.54 bits per heavy atom. The summed E-state index contributed by atoms with van der Waals surface area (Å²) in [5.41, 5.74) is 4.45. The molecule has 0 heterocycles. The third kappa shape index (κ3) is 4.37. The fourth-order valence-corrected chi connectivity index (χ4v) is 3.94. The number of hydrogen-bond donors (Lipinski definition) is 2. The zero-order valence-electron chi connectivity index (χ0n) is 15.4. The second kappa shape index (κ2) is 8.33. The quantitative estimate of drug-likeness (QED) is 0.425. The number of rotatable bonds is 5. The highest BCUT2D eigenvalue weighted by Gasteiger charge is 2.18. The van der Waals surface area contributed by atoms with Crippen LogP contribution in [0.4, 0.5) is 5.69 Å². The monoisotopic (exact) mass is 459 g/mol. The van der Waals surface area contributed by atoms with Crippen molar-refractivity contribution in [3.8, 4) is 0 Å². The summed E-state index contributed by atoms with van der Waals surface area (Å²) < 4.78 is 0. The first-order valence-corrected chi connectivity index (χ1v) is 10.0. The molecule has 4 nitrogen and oxygen atoms in total. The standard InChI is InChI=1S/C22H19BrClNO3/c1-12-3-4-14(22(27)28)10-18(12)21(26)17-7-6-16(11-19(17)24)25-20-8-5-15(23)9-13(20)2/h3-8,10-11,15,25H,9H2,1-2H3,(H,27,28). The van der Waals surface area contributed by atoms with E-state index < -0.39 is 5.97 Å². The highest BCUT2D eigenvalue weighted by atomic mass is 79.9. The summed E-state index contributed by atoms with van der Waals surface area (Å²) in [6, 6.07) is 9.66. The van der Waals surface area contributed by atoms with E-state index in [0.29, 0.717) is 26.5 Å². The molecule has 2 N–H and O–H groups in total. The van der Waals surface area contributed by atoms with Gasteiger partial charge in [0.1, 0.15) is 0 Å². The van der Waals surface area contributed by atoms with Crippen molar-refractivity contribution in [3.63, 3.8) is 0 Å². The predicted molar refractivity (Wildman–Crippen MR) is 116 cm³/mol.